The van der Waals surface area contributed by atoms with Crippen LogP contribution < -0.4 is 0 Å². The van der Waals surface area contributed by atoms with E-state index in [0.29, 0.717) is 0 Å². The first kappa shape index (κ1) is 31.0. The zero-order chi connectivity index (χ0) is 28.9. The van der Waals surface area contributed by atoms with Gasteiger partial charge in [-0.25, -0.2) is 9.59 Å². The van der Waals surface area contributed by atoms with Gasteiger partial charge in [-0.3, -0.25) is 9.80 Å². The van der Waals surface area contributed by atoms with Crippen molar-refractivity contribution in [1.82, 2.24) is 24.6 Å². The second kappa shape index (κ2) is 12.1. The number of aryl methyl sites for hydroxylation is 2. The van der Waals surface area contributed by atoms with Gasteiger partial charge in [-0.2, -0.15) is 26.3 Å². The van der Waals surface area contributed by atoms with Crippen LogP contribution in [-0.2, 0) is 28.2 Å². The maximum atomic E-state index is 10.6. The molecule has 0 aliphatic carbocycles. The van der Waals surface area contributed by atoms with Gasteiger partial charge in [-0.15, -0.1) is 10.2 Å². The average molecular weight is 554 g/mol. The maximum absolute atomic E-state index is 10.6. The number of alkyl halides is 6. The van der Waals surface area contributed by atoms with Gasteiger partial charge in [0.05, 0.1) is 12.1 Å². The molecule has 2 aliphatic rings. The number of rotatable bonds is 2. The lowest BCUT2D eigenvalue weighted by Crippen LogP contribution is -2.55. The van der Waals surface area contributed by atoms with Crippen LogP contribution in [0.2, 0.25) is 0 Å². The van der Waals surface area contributed by atoms with E-state index in [1.54, 1.807) is 0 Å². The van der Waals surface area contributed by atoms with Crippen molar-refractivity contribution >= 4 is 11.9 Å². The third-order valence-corrected chi connectivity index (χ3v) is 6.10. The van der Waals surface area contributed by atoms with Gasteiger partial charge in [0.25, 0.3) is 0 Å². The molecule has 15 heteroatoms. The molecule has 1 saturated heterocycles. The summed E-state index contributed by atoms with van der Waals surface area (Å²) in [6.45, 7) is 9.62. The summed E-state index contributed by atoms with van der Waals surface area (Å²) in [4.78, 5) is 22.8. The highest BCUT2D eigenvalue weighted by Crippen LogP contribution is 2.36. The molecular formula is C23H29F6N5O4. The molecule has 1 spiro atoms. The van der Waals surface area contributed by atoms with E-state index in [1.165, 1.54) is 24.0 Å². The Morgan fingerprint density at radius 2 is 1.50 bits per heavy atom. The van der Waals surface area contributed by atoms with Crippen LogP contribution in [0.25, 0.3) is 0 Å². The maximum Gasteiger partial charge on any atom is 0.490 e. The number of hydrogen-bond acceptors (Lipinski definition) is 6. The van der Waals surface area contributed by atoms with E-state index < -0.39 is 24.3 Å². The molecule has 0 atom stereocenters. The Labute approximate surface area is 214 Å². The van der Waals surface area contributed by atoms with Crippen LogP contribution in [0, 0.1) is 13.8 Å². The number of carboxylic acid groups (broad SMARTS) is 2. The third-order valence-electron chi connectivity index (χ3n) is 6.10. The van der Waals surface area contributed by atoms with Gasteiger partial charge in [0.15, 0.2) is 0 Å². The van der Waals surface area contributed by atoms with E-state index in [0.717, 1.165) is 44.4 Å². The van der Waals surface area contributed by atoms with E-state index in [1.807, 2.05) is 0 Å². The summed E-state index contributed by atoms with van der Waals surface area (Å²) >= 11 is 0. The number of likely N-dealkylation sites (tertiary alicyclic amines) is 1. The van der Waals surface area contributed by atoms with Crippen molar-refractivity contribution in [1.29, 1.82) is 0 Å². The zero-order valence-electron chi connectivity index (χ0n) is 21.0. The Bertz CT molecular complexity index is 1090. The second-order valence-corrected chi connectivity index (χ2v) is 9.27. The van der Waals surface area contributed by atoms with Gasteiger partial charge in [-0.1, -0.05) is 29.8 Å². The molecule has 1 aromatic heterocycles. The number of halogens is 6. The predicted octanol–water partition coefficient (Wildman–Crippen LogP) is 3.60. The molecule has 3 heterocycles. The first-order valence-corrected chi connectivity index (χ1v) is 11.4. The Kier molecular flexibility index (Phi) is 9.88. The summed E-state index contributed by atoms with van der Waals surface area (Å²) < 4.78 is 65.9. The number of carboxylic acids is 2. The molecule has 0 unspecified atom stereocenters. The SMILES string of the molecule is Cc1cccc(CN2CCC3(CC2)CN(C)Cc2nnc(C)n23)c1.O=C(O)C(F)(F)F.O=C(O)C(F)(F)F. The van der Waals surface area contributed by atoms with E-state index >= 15 is 0 Å². The summed E-state index contributed by atoms with van der Waals surface area (Å²) in [5.41, 5.74) is 2.95. The van der Waals surface area contributed by atoms with Gasteiger partial charge in [0.2, 0.25) is 0 Å². The van der Waals surface area contributed by atoms with Crippen LogP contribution in [0.5, 0.6) is 0 Å². The van der Waals surface area contributed by atoms with Crippen LogP contribution >= 0.6 is 0 Å². The first-order valence-electron chi connectivity index (χ1n) is 11.4. The van der Waals surface area contributed by atoms with E-state index in [9.17, 15) is 26.3 Å². The summed E-state index contributed by atoms with van der Waals surface area (Å²) in [7, 11) is 2.20. The number of nitrogens with zero attached hydrogens (tertiary/aromatic N) is 5. The standard InChI is InChI=1S/C19H27N5.2C2HF3O2/c1-15-5-4-6-17(11-15)12-23-9-7-19(8-10-23)14-22(3)13-18-21-20-16(2)24(18)19;2*3-2(4,5)1(6)7/h4-6,11H,7-10,12-14H2,1-3H3;2*(H,6,7). The summed E-state index contributed by atoms with van der Waals surface area (Å²) in [5, 5.41) is 23.0. The number of aromatic nitrogens is 3. The molecule has 0 saturated carbocycles. The zero-order valence-corrected chi connectivity index (χ0v) is 21.0. The molecule has 0 amide bonds. The first-order chi connectivity index (χ1) is 17.4. The molecule has 212 valence electrons. The molecule has 1 aromatic carbocycles. The Morgan fingerprint density at radius 3 is 1.97 bits per heavy atom. The van der Waals surface area contributed by atoms with Gasteiger partial charge in [0.1, 0.15) is 11.6 Å². The Hall–Kier alpha value is -3.20. The molecule has 0 radical (unpaired) electrons. The quantitative estimate of drug-likeness (QED) is 0.543. The molecule has 0 bridgehead atoms. The largest absolute Gasteiger partial charge is 0.490 e. The molecule has 4 rings (SSSR count). The fourth-order valence-electron chi connectivity index (χ4n) is 4.57. The van der Waals surface area contributed by atoms with Crippen molar-refractivity contribution in [3.63, 3.8) is 0 Å². The van der Waals surface area contributed by atoms with Crippen LogP contribution in [0.1, 0.15) is 35.6 Å². The molecule has 9 nitrogen and oxygen atoms in total. The topological polar surface area (TPSA) is 112 Å². The van der Waals surface area contributed by atoms with E-state index in [-0.39, 0.29) is 5.54 Å². The number of aliphatic carboxylic acids is 2. The monoisotopic (exact) mass is 553 g/mol. The highest BCUT2D eigenvalue weighted by molar-refractivity contribution is 5.73. The van der Waals surface area contributed by atoms with Crippen LogP contribution in [0.15, 0.2) is 24.3 Å². The third kappa shape index (κ3) is 8.41. The minimum absolute atomic E-state index is 0.180. The van der Waals surface area contributed by atoms with Crippen LogP contribution in [0.3, 0.4) is 0 Å². The molecule has 1 fully saturated rings. The summed E-state index contributed by atoms with van der Waals surface area (Å²) in [6, 6.07) is 8.89. The summed E-state index contributed by atoms with van der Waals surface area (Å²) in [6.07, 6.45) is -7.82. The van der Waals surface area contributed by atoms with Gasteiger partial charge in [-0.05, 0) is 39.3 Å². The highest BCUT2D eigenvalue weighted by atomic mass is 19.4. The molecule has 2 aliphatic heterocycles. The number of likely N-dealkylation sites (N-methyl/N-ethyl adjacent to an activating group) is 1. The number of carbonyl (C=O) groups is 2. The van der Waals surface area contributed by atoms with E-state index in [2.05, 4.69) is 69.7 Å². The van der Waals surface area contributed by atoms with Gasteiger partial charge < -0.3 is 14.8 Å². The van der Waals surface area contributed by atoms with Crippen molar-refractivity contribution in [2.75, 3.05) is 26.7 Å². The number of benzene rings is 1. The Morgan fingerprint density at radius 1 is 0.974 bits per heavy atom. The van der Waals surface area contributed by atoms with E-state index in [4.69, 9.17) is 19.8 Å². The Balaban J connectivity index is 0.000000301. The molecular weight excluding hydrogens is 524 g/mol. The summed E-state index contributed by atoms with van der Waals surface area (Å²) in [5.74, 6) is -3.31. The van der Waals surface area contributed by atoms with Crippen molar-refractivity contribution in [2.45, 2.75) is 57.7 Å². The molecule has 2 aromatic rings. The van der Waals surface area contributed by atoms with Crippen molar-refractivity contribution in [2.24, 2.45) is 0 Å². The van der Waals surface area contributed by atoms with Gasteiger partial charge >= 0.3 is 24.3 Å². The fraction of sp³-hybridized carbons (Fsp3) is 0.565. The second-order valence-electron chi connectivity index (χ2n) is 9.27. The molecule has 38 heavy (non-hydrogen) atoms. The fourth-order valence-corrected chi connectivity index (χ4v) is 4.57. The molecule has 2 N–H and O–H groups in total. The minimum atomic E-state index is -5.08. The predicted molar refractivity (Wildman–Crippen MR) is 122 cm³/mol. The van der Waals surface area contributed by atoms with Crippen molar-refractivity contribution in [3.05, 3.63) is 47.0 Å². The van der Waals surface area contributed by atoms with Crippen LogP contribution in [-0.4, -0.2) is 85.8 Å². The van der Waals surface area contributed by atoms with Gasteiger partial charge in [0, 0.05) is 26.2 Å². The number of piperidine rings is 1. The minimum Gasteiger partial charge on any atom is -0.475 e. The van der Waals surface area contributed by atoms with Crippen molar-refractivity contribution in [3.8, 4) is 0 Å². The normalized spacial score (nSPS) is 17.5. The van der Waals surface area contributed by atoms with Crippen LogP contribution in [0.4, 0.5) is 26.3 Å². The number of hydrogen-bond donors (Lipinski definition) is 2. The lowest BCUT2D eigenvalue weighted by Gasteiger charge is -2.48. The lowest BCUT2D eigenvalue weighted by atomic mass is 9.84. The highest BCUT2D eigenvalue weighted by Gasteiger charge is 2.42. The average Bonchev–Trinajstić information content (AvgIpc) is 3.16. The smallest absolute Gasteiger partial charge is 0.475 e. The number of fused-ring (bicyclic) bond motifs is 2. The van der Waals surface area contributed by atoms with Crippen molar-refractivity contribution < 1.29 is 46.1 Å². The lowest BCUT2D eigenvalue weighted by molar-refractivity contribution is -0.193.